The molecule has 0 aliphatic carbocycles. The summed E-state index contributed by atoms with van der Waals surface area (Å²) in [5.74, 6) is -0.807. The summed E-state index contributed by atoms with van der Waals surface area (Å²) in [6.45, 7) is 1.76. The van der Waals surface area contributed by atoms with Crippen LogP contribution in [0.4, 0.5) is 20.7 Å². The molecule has 2 aromatic heterocycles. The van der Waals surface area contributed by atoms with E-state index in [-0.39, 0.29) is 24.9 Å². The van der Waals surface area contributed by atoms with Crippen molar-refractivity contribution in [3.63, 3.8) is 0 Å². The van der Waals surface area contributed by atoms with E-state index in [1.54, 1.807) is 42.6 Å². The molecular formula is C23H20FN5O4. The Morgan fingerprint density at radius 1 is 1.21 bits per heavy atom. The molecule has 2 N–H and O–H groups in total. The Morgan fingerprint density at radius 3 is 2.73 bits per heavy atom. The molecule has 3 heterocycles. The lowest BCUT2D eigenvalue weighted by Gasteiger charge is -2.14. The van der Waals surface area contributed by atoms with Gasteiger partial charge in [-0.15, -0.1) is 0 Å². The SMILES string of the molecule is CC(=O)NCC1CN(c2ccc(-c3ccc(NC(=O)c4cccnc4)nc3)c(F)c2)C(=O)O1. The summed E-state index contributed by atoms with van der Waals surface area (Å²) in [7, 11) is 0. The van der Waals surface area contributed by atoms with E-state index < -0.39 is 18.0 Å². The third-order valence-electron chi connectivity index (χ3n) is 4.96. The highest BCUT2D eigenvalue weighted by molar-refractivity contribution is 6.03. The molecule has 168 valence electrons. The topological polar surface area (TPSA) is 114 Å². The van der Waals surface area contributed by atoms with Crippen molar-refractivity contribution in [1.29, 1.82) is 0 Å². The largest absolute Gasteiger partial charge is 0.442 e. The van der Waals surface area contributed by atoms with Gasteiger partial charge >= 0.3 is 6.09 Å². The number of aromatic nitrogens is 2. The second kappa shape index (κ2) is 9.43. The highest BCUT2D eigenvalue weighted by Gasteiger charge is 2.32. The first-order chi connectivity index (χ1) is 15.9. The average molecular weight is 449 g/mol. The van der Waals surface area contributed by atoms with Crippen LogP contribution in [-0.4, -0.2) is 47.1 Å². The summed E-state index contributed by atoms with van der Waals surface area (Å²) in [6.07, 6.45) is 3.35. The van der Waals surface area contributed by atoms with E-state index in [4.69, 9.17) is 4.74 Å². The molecule has 0 saturated carbocycles. The smallest absolute Gasteiger partial charge is 0.414 e. The summed E-state index contributed by atoms with van der Waals surface area (Å²) in [5.41, 5.74) is 1.54. The lowest BCUT2D eigenvalue weighted by molar-refractivity contribution is -0.119. The van der Waals surface area contributed by atoms with Gasteiger partial charge in [-0.3, -0.25) is 19.5 Å². The Balaban J connectivity index is 1.44. The molecule has 4 rings (SSSR count). The second-order valence-electron chi connectivity index (χ2n) is 7.35. The van der Waals surface area contributed by atoms with Crippen molar-refractivity contribution in [2.75, 3.05) is 23.3 Å². The van der Waals surface area contributed by atoms with Crippen LogP contribution in [0.1, 0.15) is 17.3 Å². The number of anilines is 2. The monoisotopic (exact) mass is 449 g/mol. The molecular weight excluding hydrogens is 429 g/mol. The molecule has 0 radical (unpaired) electrons. The quantitative estimate of drug-likeness (QED) is 0.598. The lowest BCUT2D eigenvalue weighted by Crippen LogP contribution is -2.33. The second-order valence-corrected chi connectivity index (χ2v) is 7.35. The van der Waals surface area contributed by atoms with Gasteiger partial charge in [0.25, 0.3) is 5.91 Å². The predicted molar refractivity (Wildman–Crippen MR) is 118 cm³/mol. The van der Waals surface area contributed by atoms with Gasteiger partial charge < -0.3 is 15.4 Å². The normalized spacial score (nSPS) is 15.2. The van der Waals surface area contributed by atoms with Gasteiger partial charge in [0.05, 0.1) is 24.3 Å². The van der Waals surface area contributed by atoms with Crippen molar-refractivity contribution in [3.8, 4) is 11.1 Å². The number of amides is 3. The van der Waals surface area contributed by atoms with Crippen LogP contribution >= 0.6 is 0 Å². The highest BCUT2D eigenvalue weighted by atomic mass is 19.1. The maximum Gasteiger partial charge on any atom is 0.414 e. The Bertz CT molecular complexity index is 1190. The fraction of sp³-hybridized carbons (Fsp3) is 0.174. The molecule has 1 fully saturated rings. The minimum Gasteiger partial charge on any atom is -0.442 e. The summed E-state index contributed by atoms with van der Waals surface area (Å²) < 4.78 is 20.1. The van der Waals surface area contributed by atoms with Crippen LogP contribution in [0.5, 0.6) is 0 Å². The molecule has 1 unspecified atom stereocenters. The van der Waals surface area contributed by atoms with Gasteiger partial charge in [0.1, 0.15) is 17.7 Å². The van der Waals surface area contributed by atoms with Crippen molar-refractivity contribution in [2.45, 2.75) is 13.0 Å². The molecule has 1 aliphatic rings. The number of rotatable bonds is 6. The number of halogens is 1. The third kappa shape index (κ3) is 5.12. The minimum atomic E-state index is -0.604. The van der Waals surface area contributed by atoms with Gasteiger partial charge in [0.15, 0.2) is 0 Å². The zero-order chi connectivity index (χ0) is 23.4. The highest BCUT2D eigenvalue weighted by Crippen LogP contribution is 2.29. The third-order valence-corrected chi connectivity index (χ3v) is 4.96. The van der Waals surface area contributed by atoms with E-state index in [9.17, 15) is 18.8 Å². The van der Waals surface area contributed by atoms with Crippen molar-refractivity contribution in [3.05, 3.63) is 72.4 Å². The van der Waals surface area contributed by atoms with Crippen LogP contribution in [-0.2, 0) is 9.53 Å². The molecule has 0 spiro atoms. The zero-order valence-electron chi connectivity index (χ0n) is 17.6. The number of hydrogen-bond acceptors (Lipinski definition) is 6. The van der Waals surface area contributed by atoms with Crippen molar-refractivity contribution >= 4 is 29.4 Å². The van der Waals surface area contributed by atoms with E-state index in [0.29, 0.717) is 28.2 Å². The van der Waals surface area contributed by atoms with Gasteiger partial charge in [0.2, 0.25) is 5.91 Å². The number of nitrogens with zero attached hydrogens (tertiary/aromatic N) is 3. The molecule has 3 aromatic rings. The molecule has 1 aromatic carbocycles. The number of ether oxygens (including phenoxy) is 1. The summed E-state index contributed by atoms with van der Waals surface area (Å²) in [4.78, 5) is 44.8. The Morgan fingerprint density at radius 2 is 2.06 bits per heavy atom. The molecule has 3 amide bonds. The summed E-state index contributed by atoms with van der Waals surface area (Å²) in [5, 5.41) is 5.25. The summed E-state index contributed by atoms with van der Waals surface area (Å²) >= 11 is 0. The Kier molecular flexibility index (Phi) is 6.25. The van der Waals surface area contributed by atoms with Crippen LogP contribution in [0.25, 0.3) is 11.1 Å². The maximum atomic E-state index is 14.9. The molecule has 0 bridgehead atoms. The molecule has 1 atom stereocenters. The van der Waals surface area contributed by atoms with Gasteiger partial charge in [0, 0.05) is 36.6 Å². The van der Waals surface area contributed by atoms with Crippen molar-refractivity contribution in [2.24, 2.45) is 0 Å². The fourth-order valence-corrected chi connectivity index (χ4v) is 3.31. The average Bonchev–Trinajstić information content (AvgIpc) is 3.19. The van der Waals surface area contributed by atoms with E-state index in [1.165, 1.54) is 30.3 Å². The van der Waals surface area contributed by atoms with Crippen molar-refractivity contribution in [1.82, 2.24) is 15.3 Å². The van der Waals surface area contributed by atoms with Crippen molar-refractivity contribution < 1.29 is 23.5 Å². The molecule has 10 heteroatoms. The molecule has 1 aliphatic heterocycles. The van der Waals surface area contributed by atoms with Crippen LogP contribution < -0.4 is 15.5 Å². The van der Waals surface area contributed by atoms with E-state index in [0.717, 1.165) is 0 Å². The van der Waals surface area contributed by atoms with E-state index >= 15 is 0 Å². The first kappa shape index (κ1) is 21.9. The van der Waals surface area contributed by atoms with Gasteiger partial charge in [-0.1, -0.05) is 0 Å². The number of carbonyl (C=O) groups excluding carboxylic acids is 3. The van der Waals surface area contributed by atoms with Crippen LogP contribution in [0.3, 0.4) is 0 Å². The standard InChI is InChI=1S/C23H20FN5O4/c1-14(30)26-12-18-13-29(23(32)33-18)17-5-6-19(20(24)9-17)15-4-7-21(27-11-15)28-22(31)16-3-2-8-25-10-16/h2-11,18H,12-13H2,1H3,(H,26,30)(H,27,28,31). The zero-order valence-corrected chi connectivity index (χ0v) is 17.6. The first-order valence-corrected chi connectivity index (χ1v) is 10.1. The van der Waals surface area contributed by atoms with E-state index in [1.807, 2.05) is 0 Å². The number of carbonyl (C=O) groups is 3. The molecule has 33 heavy (non-hydrogen) atoms. The number of benzene rings is 1. The summed E-state index contributed by atoms with van der Waals surface area (Å²) in [6, 6.07) is 10.9. The van der Waals surface area contributed by atoms with Crippen LogP contribution in [0.2, 0.25) is 0 Å². The van der Waals surface area contributed by atoms with Crippen LogP contribution in [0.15, 0.2) is 61.1 Å². The maximum absolute atomic E-state index is 14.9. The number of cyclic esters (lactones) is 1. The van der Waals surface area contributed by atoms with Gasteiger partial charge in [-0.25, -0.2) is 14.2 Å². The van der Waals surface area contributed by atoms with E-state index in [2.05, 4.69) is 20.6 Å². The van der Waals surface area contributed by atoms with Crippen LogP contribution in [0, 0.1) is 5.82 Å². The fourth-order valence-electron chi connectivity index (χ4n) is 3.31. The van der Waals surface area contributed by atoms with Gasteiger partial charge in [-0.05, 0) is 42.5 Å². The van der Waals surface area contributed by atoms with Gasteiger partial charge in [-0.2, -0.15) is 0 Å². The number of pyridine rings is 2. The number of nitrogens with one attached hydrogen (secondary N) is 2. The lowest BCUT2D eigenvalue weighted by atomic mass is 10.1. The molecule has 1 saturated heterocycles. The number of hydrogen-bond donors (Lipinski definition) is 2. The first-order valence-electron chi connectivity index (χ1n) is 10.1. The minimum absolute atomic E-state index is 0.188. The predicted octanol–water partition coefficient (Wildman–Crippen LogP) is 3.00. The Labute approximate surface area is 188 Å². The molecule has 9 nitrogen and oxygen atoms in total. The Hall–Kier alpha value is -4.34.